The number of H-pyrrole nitrogens is 1. The number of aromatic amines is 1. The Labute approximate surface area is 138 Å². The van der Waals surface area contributed by atoms with Gasteiger partial charge in [0.1, 0.15) is 0 Å². The molecular weight excluding hydrogens is 341 g/mol. The molecule has 1 aromatic carbocycles. The van der Waals surface area contributed by atoms with Crippen LogP contribution in [0.2, 0.25) is 0 Å². The van der Waals surface area contributed by atoms with Gasteiger partial charge in [-0.15, -0.1) is 0 Å². The molecule has 0 spiro atoms. The molecule has 9 heteroatoms. The Balaban J connectivity index is 2.01. The highest BCUT2D eigenvalue weighted by Crippen LogP contribution is 2.46. The number of para-hydroxylation sites is 1. The first kappa shape index (κ1) is 17.0. The normalized spacial score (nSPS) is 20.8. The van der Waals surface area contributed by atoms with Gasteiger partial charge in [0.2, 0.25) is 5.56 Å². The summed E-state index contributed by atoms with van der Waals surface area (Å²) in [6.07, 6.45) is -5.71. The quantitative estimate of drug-likeness (QED) is 0.863. The summed E-state index contributed by atoms with van der Waals surface area (Å²) in [6, 6.07) is 7.40. The van der Waals surface area contributed by atoms with Crippen LogP contribution in [0, 0.1) is 5.41 Å². The maximum Gasteiger partial charge on any atom is 0.406 e. The summed E-state index contributed by atoms with van der Waals surface area (Å²) in [5.41, 5.74) is -3.23. The molecular formula is C16H13F3N2O4. The summed E-state index contributed by atoms with van der Waals surface area (Å²) < 4.78 is 39.7. The fraction of sp³-hybridized carbons (Fsp3) is 0.312. The molecule has 2 N–H and O–H groups in total. The van der Waals surface area contributed by atoms with E-state index in [9.17, 15) is 27.6 Å². The fourth-order valence-electron chi connectivity index (χ4n) is 3.06. The van der Waals surface area contributed by atoms with Gasteiger partial charge in [-0.25, -0.2) is 0 Å². The molecule has 1 unspecified atom stereocenters. The molecule has 2 heterocycles. The fourth-order valence-corrected chi connectivity index (χ4v) is 3.06. The van der Waals surface area contributed by atoms with Gasteiger partial charge in [-0.05, 0) is 12.5 Å². The number of carbonyl (C=O) groups is 2. The number of amides is 1. The van der Waals surface area contributed by atoms with E-state index < -0.39 is 42.0 Å². The number of rotatable bonds is 2. The number of nitrogens with zero attached hydrogens (tertiary/aromatic N) is 1. The van der Waals surface area contributed by atoms with Crippen molar-refractivity contribution in [3.63, 3.8) is 0 Å². The molecule has 1 aliphatic heterocycles. The zero-order chi connectivity index (χ0) is 18.4. The molecule has 3 rings (SSSR count). The first-order chi connectivity index (χ1) is 11.7. The van der Waals surface area contributed by atoms with Crippen molar-refractivity contribution in [2.45, 2.75) is 12.6 Å². The topological polar surface area (TPSA) is 90.5 Å². The van der Waals surface area contributed by atoms with Crippen molar-refractivity contribution in [1.29, 1.82) is 0 Å². The largest absolute Gasteiger partial charge is 0.481 e. The van der Waals surface area contributed by atoms with Crippen LogP contribution >= 0.6 is 0 Å². The number of carboxylic acids is 1. The predicted molar refractivity (Wildman–Crippen MR) is 81.2 cm³/mol. The Morgan fingerprint density at radius 1 is 1.24 bits per heavy atom. The molecule has 0 bridgehead atoms. The summed E-state index contributed by atoms with van der Waals surface area (Å²) in [6.45, 7) is -1.34. The van der Waals surface area contributed by atoms with Crippen LogP contribution in [0.15, 0.2) is 35.1 Å². The van der Waals surface area contributed by atoms with E-state index in [2.05, 4.69) is 4.98 Å². The van der Waals surface area contributed by atoms with E-state index in [4.69, 9.17) is 5.11 Å². The SMILES string of the molecule is O=C(c1cc(=O)[nH]c2ccccc12)N1CCC(C(=O)O)(C(F)(F)F)C1. The second kappa shape index (κ2) is 5.61. The first-order valence-corrected chi connectivity index (χ1v) is 7.37. The first-order valence-electron chi connectivity index (χ1n) is 7.37. The van der Waals surface area contributed by atoms with Crippen molar-refractivity contribution in [1.82, 2.24) is 9.88 Å². The molecule has 1 fully saturated rings. The smallest absolute Gasteiger partial charge is 0.406 e. The number of halogens is 3. The van der Waals surface area contributed by atoms with Gasteiger partial charge < -0.3 is 15.0 Å². The maximum atomic E-state index is 13.2. The van der Waals surface area contributed by atoms with Crippen molar-refractivity contribution in [3.8, 4) is 0 Å². The highest BCUT2D eigenvalue weighted by atomic mass is 19.4. The van der Waals surface area contributed by atoms with Gasteiger partial charge in [0, 0.05) is 30.1 Å². The van der Waals surface area contributed by atoms with Gasteiger partial charge in [-0.1, -0.05) is 18.2 Å². The predicted octanol–water partition coefficient (Wildman–Crippen LogP) is 2.01. The Morgan fingerprint density at radius 3 is 2.52 bits per heavy atom. The average molecular weight is 354 g/mol. The molecule has 2 aromatic rings. The Kier molecular flexibility index (Phi) is 3.81. The monoisotopic (exact) mass is 354 g/mol. The Morgan fingerprint density at radius 2 is 1.92 bits per heavy atom. The highest BCUT2D eigenvalue weighted by Gasteiger charge is 2.64. The van der Waals surface area contributed by atoms with Crippen LogP contribution in [0.25, 0.3) is 10.9 Å². The molecule has 6 nitrogen and oxygen atoms in total. The van der Waals surface area contributed by atoms with E-state index in [0.717, 1.165) is 11.0 Å². The number of hydrogen-bond donors (Lipinski definition) is 2. The second-order valence-electron chi connectivity index (χ2n) is 5.95. The highest BCUT2D eigenvalue weighted by molar-refractivity contribution is 6.06. The number of likely N-dealkylation sites (tertiary alicyclic amines) is 1. The van der Waals surface area contributed by atoms with Crippen LogP contribution in [0.3, 0.4) is 0 Å². The van der Waals surface area contributed by atoms with E-state index in [1.807, 2.05) is 0 Å². The zero-order valence-electron chi connectivity index (χ0n) is 12.8. The molecule has 1 saturated heterocycles. The number of carboxylic acid groups (broad SMARTS) is 1. The number of benzene rings is 1. The third-order valence-electron chi connectivity index (χ3n) is 4.49. The van der Waals surface area contributed by atoms with Gasteiger partial charge in [-0.2, -0.15) is 13.2 Å². The lowest BCUT2D eigenvalue weighted by Crippen LogP contribution is -2.47. The average Bonchev–Trinajstić information content (AvgIpc) is 3.00. The number of aromatic nitrogens is 1. The van der Waals surface area contributed by atoms with Crippen LogP contribution in [0.5, 0.6) is 0 Å². The number of fused-ring (bicyclic) bond motifs is 1. The number of alkyl halides is 3. The molecule has 25 heavy (non-hydrogen) atoms. The molecule has 0 saturated carbocycles. The van der Waals surface area contributed by atoms with Crippen molar-refractivity contribution in [3.05, 3.63) is 46.2 Å². The third-order valence-corrected chi connectivity index (χ3v) is 4.49. The van der Waals surface area contributed by atoms with E-state index in [0.29, 0.717) is 10.9 Å². The summed E-state index contributed by atoms with van der Waals surface area (Å²) in [5.74, 6) is -2.80. The van der Waals surface area contributed by atoms with E-state index in [-0.39, 0.29) is 12.1 Å². The van der Waals surface area contributed by atoms with Gasteiger partial charge in [-0.3, -0.25) is 14.4 Å². The molecule has 1 atom stereocenters. The third kappa shape index (κ3) is 2.65. The zero-order valence-corrected chi connectivity index (χ0v) is 12.8. The lowest BCUT2D eigenvalue weighted by molar-refractivity contribution is -0.227. The van der Waals surface area contributed by atoms with Crippen LogP contribution in [0.1, 0.15) is 16.8 Å². The number of hydrogen-bond acceptors (Lipinski definition) is 3. The van der Waals surface area contributed by atoms with Crippen LogP contribution < -0.4 is 5.56 Å². The minimum atomic E-state index is -4.98. The van der Waals surface area contributed by atoms with E-state index in [1.54, 1.807) is 24.3 Å². The van der Waals surface area contributed by atoms with Crippen molar-refractivity contribution < 1.29 is 27.9 Å². The number of nitrogens with one attached hydrogen (secondary N) is 1. The summed E-state index contributed by atoms with van der Waals surface area (Å²) in [7, 11) is 0. The van der Waals surface area contributed by atoms with Crippen LogP contribution in [-0.4, -0.2) is 46.1 Å². The van der Waals surface area contributed by atoms with Gasteiger partial charge in [0.05, 0.1) is 5.56 Å². The molecule has 1 aliphatic rings. The van der Waals surface area contributed by atoms with Crippen LogP contribution in [-0.2, 0) is 4.79 Å². The second-order valence-corrected chi connectivity index (χ2v) is 5.95. The van der Waals surface area contributed by atoms with Gasteiger partial charge >= 0.3 is 12.1 Å². The van der Waals surface area contributed by atoms with E-state index in [1.165, 1.54) is 0 Å². The lowest BCUT2D eigenvalue weighted by atomic mass is 9.86. The number of carbonyl (C=O) groups excluding carboxylic acids is 1. The summed E-state index contributed by atoms with van der Waals surface area (Å²) in [4.78, 5) is 39.0. The Hall–Kier alpha value is -2.84. The minimum absolute atomic E-state index is 0.0530. The number of pyridine rings is 1. The standard InChI is InChI=1S/C16H13F3N2O4/c17-16(18,19)15(14(24)25)5-6-21(8-15)13(23)10-7-12(22)20-11-4-2-1-3-9(10)11/h1-4,7H,5-6,8H2,(H,20,22)(H,24,25). The number of aliphatic carboxylic acids is 1. The van der Waals surface area contributed by atoms with Gasteiger partial charge in [0.15, 0.2) is 5.41 Å². The van der Waals surface area contributed by atoms with Crippen LogP contribution in [0.4, 0.5) is 13.2 Å². The van der Waals surface area contributed by atoms with Crippen molar-refractivity contribution in [2.24, 2.45) is 5.41 Å². The molecule has 0 radical (unpaired) electrons. The van der Waals surface area contributed by atoms with Gasteiger partial charge in [0.25, 0.3) is 5.91 Å². The van der Waals surface area contributed by atoms with E-state index >= 15 is 0 Å². The summed E-state index contributed by atoms with van der Waals surface area (Å²) in [5, 5.41) is 9.45. The molecule has 1 amide bonds. The van der Waals surface area contributed by atoms with Crippen molar-refractivity contribution in [2.75, 3.05) is 13.1 Å². The van der Waals surface area contributed by atoms with Crippen molar-refractivity contribution >= 4 is 22.8 Å². The lowest BCUT2D eigenvalue weighted by Gasteiger charge is -2.27. The Bertz CT molecular complexity index is 921. The molecule has 1 aromatic heterocycles. The summed E-state index contributed by atoms with van der Waals surface area (Å²) >= 11 is 0. The maximum absolute atomic E-state index is 13.2. The minimum Gasteiger partial charge on any atom is -0.481 e. The molecule has 132 valence electrons. The molecule has 0 aliphatic carbocycles.